The first-order chi connectivity index (χ1) is 9.22. The van der Waals surface area contributed by atoms with Gasteiger partial charge >= 0.3 is 0 Å². The molecule has 2 rings (SSSR count). The van der Waals surface area contributed by atoms with Crippen LogP contribution in [0, 0.1) is 17.8 Å². The molecule has 108 valence electrons. The molecule has 3 unspecified atom stereocenters. The maximum Gasteiger partial charge on any atom is 0.0521 e. The Morgan fingerprint density at radius 3 is 2.84 bits per heavy atom. The molecule has 0 bridgehead atoms. The van der Waals surface area contributed by atoms with E-state index in [9.17, 15) is 0 Å². The monoisotopic (exact) mass is 263 g/mol. The summed E-state index contributed by atoms with van der Waals surface area (Å²) in [4.78, 5) is 0. The average molecular weight is 263 g/mol. The van der Waals surface area contributed by atoms with Crippen LogP contribution in [0.15, 0.2) is 12.4 Å². The van der Waals surface area contributed by atoms with Crippen LogP contribution in [0.1, 0.15) is 44.6 Å². The number of rotatable bonds is 6. The van der Waals surface area contributed by atoms with Crippen LogP contribution < -0.4 is 5.32 Å². The first-order valence-electron chi connectivity index (χ1n) is 7.85. The number of hydrogen-bond acceptors (Lipinski definition) is 2. The summed E-state index contributed by atoms with van der Waals surface area (Å²) in [5.41, 5.74) is 1.39. The lowest BCUT2D eigenvalue weighted by Gasteiger charge is -2.36. The minimum atomic E-state index is 0.879. The van der Waals surface area contributed by atoms with Crippen LogP contribution >= 0.6 is 0 Å². The maximum absolute atomic E-state index is 4.27. The summed E-state index contributed by atoms with van der Waals surface area (Å²) in [7, 11) is 4.09. The van der Waals surface area contributed by atoms with Gasteiger partial charge in [0.1, 0.15) is 0 Å². The molecule has 3 atom stereocenters. The molecule has 0 radical (unpaired) electrons. The van der Waals surface area contributed by atoms with Crippen LogP contribution in [-0.4, -0.2) is 23.4 Å². The Morgan fingerprint density at radius 1 is 1.37 bits per heavy atom. The molecule has 1 aliphatic rings. The van der Waals surface area contributed by atoms with Crippen molar-refractivity contribution in [2.75, 3.05) is 13.6 Å². The molecule has 1 fully saturated rings. The van der Waals surface area contributed by atoms with Gasteiger partial charge < -0.3 is 5.32 Å². The van der Waals surface area contributed by atoms with Gasteiger partial charge in [0.25, 0.3) is 0 Å². The van der Waals surface area contributed by atoms with Crippen molar-refractivity contribution >= 4 is 0 Å². The Hall–Kier alpha value is -0.830. The molecule has 1 heterocycles. The third-order valence-corrected chi connectivity index (χ3v) is 4.85. The maximum atomic E-state index is 4.27. The van der Waals surface area contributed by atoms with Gasteiger partial charge in [-0.25, -0.2) is 0 Å². The summed E-state index contributed by atoms with van der Waals surface area (Å²) in [6, 6.07) is 0. The van der Waals surface area contributed by atoms with E-state index in [4.69, 9.17) is 0 Å². The minimum absolute atomic E-state index is 0.879. The van der Waals surface area contributed by atoms with Gasteiger partial charge in [-0.1, -0.05) is 19.8 Å². The predicted molar refractivity (Wildman–Crippen MR) is 80.1 cm³/mol. The molecule has 19 heavy (non-hydrogen) atoms. The largest absolute Gasteiger partial charge is 0.319 e. The van der Waals surface area contributed by atoms with Crippen molar-refractivity contribution in [3.63, 3.8) is 0 Å². The lowest BCUT2D eigenvalue weighted by atomic mass is 9.71. The van der Waals surface area contributed by atoms with Crippen LogP contribution in [0.3, 0.4) is 0 Å². The normalized spacial score (nSPS) is 27.6. The van der Waals surface area contributed by atoms with Gasteiger partial charge in [0.2, 0.25) is 0 Å². The van der Waals surface area contributed by atoms with E-state index in [0.29, 0.717) is 0 Å². The van der Waals surface area contributed by atoms with Crippen LogP contribution in [0.4, 0.5) is 0 Å². The molecule has 1 aliphatic carbocycles. The summed E-state index contributed by atoms with van der Waals surface area (Å²) in [5.74, 6) is 2.74. The van der Waals surface area contributed by atoms with Gasteiger partial charge in [-0.2, -0.15) is 5.10 Å². The number of aromatic nitrogens is 2. The van der Waals surface area contributed by atoms with Crippen molar-refractivity contribution in [2.45, 2.75) is 45.4 Å². The van der Waals surface area contributed by atoms with Gasteiger partial charge in [-0.3, -0.25) is 4.68 Å². The molecular weight excluding hydrogens is 234 g/mol. The molecule has 0 aromatic carbocycles. The molecule has 0 amide bonds. The van der Waals surface area contributed by atoms with E-state index in [-0.39, 0.29) is 0 Å². The first kappa shape index (κ1) is 14.6. The summed E-state index contributed by atoms with van der Waals surface area (Å²) >= 11 is 0. The third kappa shape index (κ3) is 4.07. The van der Waals surface area contributed by atoms with Crippen molar-refractivity contribution in [2.24, 2.45) is 24.8 Å². The van der Waals surface area contributed by atoms with Crippen molar-refractivity contribution in [3.8, 4) is 0 Å². The lowest BCUT2D eigenvalue weighted by molar-refractivity contribution is 0.165. The topological polar surface area (TPSA) is 29.9 Å². The molecule has 0 spiro atoms. The zero-order valence-corrected chi connectivity index (χ0v) is 12.7. The minimum Gasteiger partial charge on any atom is -0.319 e. The highest BCUT2D eigenvalue weighted by Crippen LogP contribution is 2.37. The fourth-order valence-corrected chi connectivity index (χ4v) is 3.63. The highest BCUT2D eigenvalue weighted by atomic mass is 15.2. The second kappa shape index (κ2) is 7.09. The zero-order valence-electron chi connectivity index (χ0n) is 12.7. The number of aryl methyl sites for hydroxylation is 2. The van der Waals surface area contributed by atoms with Gasteiger partial charge in [-0.05, 0) is 62.6 Å². The Morgan fingerprint density at radius 2 is 2.21 bits per heavy atom. The number of nitrogens with one attached hydrogen (secondary N) is 1. The van der Waals surface area contributed by atoms with Crippen LogP contribution in [0.2, 0.25) is 0 Å². The first-order valence-corrected chi connectivity index (χ1v) is 7.85. The molecule has 0 aliphatic heterocycles. The van der Waals surface area contributed by atoms with E-state index in [1.807, 2.05) is 17.9 Å². The zero-order chi connectivity index (χ0) is 13.7. The van der Waals surface area contributed by atoms with Crippen molar-refractivity contribution in [1.29, 1.82) is 0 Å². The fraction of sp³-hybridized carbons (Fsp3) is 0.812. The molecule has 0 saturated heterocycles. The van der Waals surface area contributed by atoms with Crippen molar-refractivity contribution < 1.29 is 0 Å². The molecule has 1 saturated carbocycles. The quantitative estimate of drug-likeness (QED) is 0.855. The predicted octanol–water partition coefficient (Wildman–Crippen LogP) is 3.01. The van der Waals surface area contributed by atoms with Gasteiger partial charge in [-0.15, -0.1) is 0 Å². The van der Waals surface area contributed by atoms with E-state index >= 15 is 0 Å². The van der Waals surface area contributed by atoms with Crippen molar-refractivity contribution in [3.05, 3.63) is 18.0 Å². The van der Waals surface area contributed by atoms with E-state index in [2.05, 4.69) is 30.6 Å². The highest BCUT2D eigenvalue weighted by Gasteiger charge is 2.28. The average Bonchev–Trinajstić information content (AvgIpc) is 2.83. The molecular formula is C16H29N3. The van der Waals surface area contributed by atoms with E-state index < -0.39 is 0 Å². The van der Waals surface area contributed by atoms with Crippen LogP contribution in [-0.2, 0) is 13.5 Å². The second-order valence-corrected chi connectivity index (χ2v) is 6.23. The summed E-state index contributed by atoms with van der Waals surface area (Å²) in [5, 5.41) is 7.66. The lowest BCUT2D eigenvalue weighted by Crippen LogP contribution is -2.32. The van der Waals surface area contributed by atoms with Gasteiger partial charge in [0, 0.05) is 13.2 Å². The molecule has 3 nitrogen and oxygen atoms in total. The smallest absolute Gasteiger partial charge is 0.0521 e. The second-order valence-electron chi connectivity index (χ2n) is 6.23. The molecule has 1 aromatic heterocycles. The fourth-order valence-electron chi connectivity index (χ4n) is 3.63. The third-order valence-electron chi connectivity index (χ3n) is 4.85. The van der Waals surface area contributed by atoms with Gasteiger partial charge in [0.15, 0.2) is 0 Å². The van der Waals surface area contributed by atoms with E-state index in [1.165, 1.54) is 50.6 Å². The summed E-state index contributed by atoms with van der Waals surface area (Å²) in [6.45, 7) is 3.54. The molecule has 1 aromatic rings. The van der Waals surface area contributed by atoms with Gasteiger partial charge in [0.05, 0.1) is 6.20 Å². The Balaban J connectivity index is 1.89. The summed E-state index contributed by atoms with van der Waals surface area (Å²) < 4.78 is 1.91. The number of nitrogens with zero attached hydrogens (tertiary/aromatic N) is 2. The van der Waals surface area contributed by atoms with Crippen molar-refractivity contribution in [1.82, 2.24) is 15.1 Å². The standard InChI is InChI=1S/C16H29N3/c1-4-13-5-8-16(11-17-2)15(9-13)7-6-14-10-18-19(3)12-14/h10,12-13,15-17H,4-9,11H2,1-3H3. The molecule has 3 heteroatoms. The van der Waals surface area contributed by atoms with E-state index in [1.54, 1.807) is 0 Å². The Bertz CT molecular complexity index is 372. The van der Waals surface area contributed by atoms with E-state index in [0.717, 1.165) is 17.8 Å². The van der Waals surface area contributed by atoms with Crippen LogP contribution in [0.5, 0.6) is 0 Å². The Kier molecular flexibility index (Phi) is 5.44. The Labute approximate surface area is 117 Å². The summed E-state index contributed by atoms with van der Waals surface area (Å²) in [6.07, 6.45) is 12.3. The van der Waals surface area contributed by atoms with Crippen LogP contribution in [0.25, 0.3) is 0 Å². The molecule has 1 N–H and O–H groups in total. The number of hydrogen-bond donors (Lipinski definition) is 1. The highest BCUT2D eigenvalue weighted by molar-refractivity contribution is 5.04. The SMILES string of the molecule is CCC1CCC(CNC)C(CCc2cnn(C)c2)C1.